The quantitative estimate of drug-likeness (QED) is 0.786. The van der Waals surface area contributed by atoms with Gasteiger partial charge >= 0.3 is 0 Å². The van der Waals surface area contributed by atoms with E-state index in [1.54, 1.807) is 31.0 Å². The molecule has 0 aliphatic carbocycles. The zero-order valence-electron chi connectivity index (χ0n) is 8.33. The Morgan fingerprint density at radius 2 is 1.87 bits per heavy atom. The third kappa shape index (κ3) is 2.13. The lowest BCUT2D eigenvalue weighted by molar-refractivity contribution is 0.660. The molecule has 0 amide bonds. The molecule has 0 fully saturated rings. The van der Waals surface area contributed by atoms with E-state index in [2.05, 4.69) is 25.3 Å². The van der Waals surface area contributed by atoms with Crippen LogP contribution in [0.4, 0.5) is 0 Å². The van der Waals surface area contributed by atoms with Crippen molar-refractivity contribution >= 4 is 0 Å². The molecule has 5 heteroatoms. The van der Waals surface area contributed by atoms with Crippen LogP contribution in [0, 0.1) is 0 Å². The van der Waals surface area contributed by atoms with Crippen LogP contribution in [0.15, 0.2) is 37.3 Å². The fraction of sp³-hybridized carbons (Fsp3) is 0.200. The summed E-state index contributed by atoms with van der Waals surface area (Å²) in [6.07, 6.45) is 10.1. The number of aromatic nitrogens is 4. The first-order valence-corrected chi connectivity index (χ1v) is 4.60. The molecule has 0 aliphatic heterocycles. The van der Waals surface area contributed by atoms with E-state index in [-0.39, 0.29) is 6.04 Å². The highest BCUT2D eigenvalue weighted by atomic mass is 14.9. The number of nitrogens with zero attached hydrogens (tertiary/aromatic N) is 4. The van der Waals surface area contributed by atoms with Gasteiger partial charge in [-0.15, -0.1) is 0 Å². The van der Waals surface area contributed by atoms with Crippen molar-refractivity contribution in [3.63, 3.8) is 0 Å². The van der Waals surface area contributed by atoms with Gasteiger partial charge in [-0.3, -0.25) is 9.97 Å². The molecular weight excluding hydrogens is 190 g/mol. The minimum atomic E-state index is -0.0140. The molecule has 2 aromatic heterocycles. The molecule has 2 heterocycles. The van der Waals surface area contributed by atoms with Crippen molar-refractivity contribution in [2.75, 3.05) is 7.05 Å². The third-order valence-corrected chi connectivity index (χ3v) is 2.08. The van der Waals surface area contributed by atoms with Gasteiger partial charge < -0.3 is 5.32 Å². The Balaban J connectivity index is 2.34. The molecule has 0 aliphatic rings. The van der Waals surface area contributed by atoms with E-state index in [4.69, 9.17) is 0 Å². The van der Waals surface area contributed by atoms with Crippen LogP contribution in [0.3, 0.4) is 0 Å². The molecule has 15 heavy (non-hydrogen) atoms. The summed E-state index contributed by atoms with van der Waals surface area (Å²) >= 11 is 0. The normalized spacial score (nSPS) is 12.3. The van der Waals surface area contributed by atoms with Crippen molar-refractivity contribution in [2.24, 2.45) is 0 Å². The predicted molar refractivity (Wildman–Crippen MR) is 55.0 cm³/mol. The summed E-state index contributed by atoms with van der Waals surface area (Å²) in [6, 6.07) is -0.0140. The summed E-state index contributed by atoms with van der Waals surface area (Å²) < 4.78 is 0. The first-order valence-electron chi connectivity index (χ1n) is 4.60. The summed E-state index contributed by atoms with van der Waals surface area (Å²) in [5, 5.41) is 3.15. The lowest BCUT2D eigenvalue weighted by Gasteiger charge is -2.14. The van der Waals surface area contributed by atoms with Crippen molar-refractivity contribution in [2.45, 2.75) is 6.04 Å². The van der Waals surface area contributed by atoms with E-state index in [0.29, 0.717) is 0 Å². The smallest absolute Gasteiger partial charge is 0.115 e. The lowest BCUT2D eigenvalue weighted by Crippen LogP contribution is -2.19. The number of hydrogen-bond donors (Lipinski definition) is 1. The molecule has 2 aromatic rings. The Morgan fingerprint density at radius 1 is 1.07 bits per heavy atom. The number of nitrogens with one attached hydrogen (secondary N) is 1. The van der Waals surface area contributed by atoms with Crippen LogP contribution in [0.25, 0.3) is 0 Å². The summed E-state index contributed by atoms with van der Waals surface area (Å²) in [4.78, 5) is 16.2. The highest BCUT2D eigenvalue weighted by molar-refractivity contribution is 5.20. The van der Waals surface area contributed by atoms with Crippen LogP contribution in [0.2, 0.25) is 0 Å². The molecular formula is C10H11N5. The molecule has 0 radical (unpaired) electrons. The topological polar surface area (TPSA) is 63.6 Å². The van der Waals surface area contributed by atoms with E-state index in [9.17, 15) is 0 Å². The average molecular weight is 201 g/mol. The molecule has 1 atom stereocenters. The van der Waals surface area contributed by atoms with Gasteiger partial charge in [-0.1, -0.05) is 0 Å². The van der Waals surface area contributed by atoms with Crippen LogP contribution in [-0.4, -0.2) is 27.0 Å². The molecule has 0 saturated heterocycles. The molecule has 0 bridgehead atoms. The molecule has 0 aromatic carbocycles. The minimum absolute atomic E-state index is 0.0140. The van der Waals surface area contributed by atoms with Crippen LogP contribution in [-0.2, 0) is 0 Å². The lowest BCUT2D eigenvalue weighted by atomic mass is 10.1. The second-order valence-electron chi connectivity index (χ2n) is 3.02. The summed E-state index contributed by atoms with van der Waals surface area (Å²) in [6.45, 7) is 0. The van der Waals surface area contributed by atoms with Crippen molar-refractivity contribution in [3.8, 4) is 0 Å². The van der Waals surface area contributed by atoms with Crippen LogP contribution < -0.4 is 5.32 Å². The van der Waals surface area contributed by atoms with Crippen molar-refractivity contribution in [3.05, 3.63) is 48.6 Å². The summed E-state index contributed by atoms with van der Waals surface area (Å²) in [5.41, 5.74) is 1.83. The Bertz CT molecular complexity index is 363. The Kier molecular flexibility index (Phi) is 2.94. The van der Waals surface area contributed by atoms with E-state index in [1.165, 1.54) is 6.33 Å². The molecule has 0 saturated carbocycles. The van der Waals surface area contributed by atoms with Crippen molar-refractivity contribution in [1.82, 2.24) is 25.3 Å². The monoisotopic (exact) mass is 201 g/mol. The standard InChI is InChI=1S/C10H11N5/c1-11-10(8-4-13-7-14-5-8)9-6-12-2-3-15-9/h2-7,10-11H,1H3. The summed E-state index contributed by atoms with van der Waals surface area (Å²) in [7, 11) is 1.87. The van der Waals surface area contributed by atoms with Gasteiger partial charge in [-0.25, -0.2) is 9.97 Å². The van der Waals surface area contributed by atoms with Crippen LogP contribution in [0.5, 0.6) is 0 Å². The van der Waals surface area contributed by atoms with Crippen molar-refractivity contribution < 1.29 is 0 Å². The Labute approximate surface area is 87.6 Å². The van der Waals surface area contributed by atoms with Gasteiger partial charge in [0.25, 0.3) is 0 Å². The first kappa shape index (κ1) is 9.67. The fourth-order valence-electron chi connectivity index (χ4n) is 1.40. The van der Waals surface area contributed by atoms with Crippen LogP contribution in [0.1, 0.15) is 17.3 Å². The van der Waals surface area contributed by atoms with E-state index < -0.39 is 0 Å². The SMILES string of the molecule is CNC(c1cncnc1)c1cnccn1. The van der Waals surface area contributed by atoms with Crippen LogP contribution >= 0.6 is 0 Å². The fourth-order valence-corrected chi connectivity index (χ4v) is 1.40. The van der Waals surface area contributed by atoms with Gasteiger partial charge in [-0.05, 0) is 7.05 Å². The van der Waals surface area contributed by atoms with Crippen molar-refractivity contribution in [1.29, 1.82) is 0 Å². The molecule has 0 spiro atoms. The maximum atomic E-state index is 4.25. The maximum Gasteiger partial charge on any atom is 0.115 e. The Hall–Kier alpha value is -1.88. The second-order valence-corrected chi connectivity index (χ2v) is 3.02. The van der Waals surface area contributed by atoms with Gasteiger partial charge in [0.05, 0.1) is 17.9 Å². The zero-order chi connectivity index (χ0) is 10.5. The maximum absolute atomic E-state index is 4.25. The molecule has 1 unspecified atom stereocenters. The first-order chi connectivity index (χ1) is 7.42. The largest absolute Gasteiger partial charge is 0.308 e. The van der Waals surface area contributed by atoms with Gasteiger partial charge in [0, 0.05) is 30.4 Å². The third-order valence-electron chi connectivity index (χ3n) is 2.08. The van der Waals surface area contributed by atoms with Gasteiger partial charge in [-0.2, -0.15) is 0 Å². The zero-order valence-corrected chi connectivity index (χ0v) is 8.33. The Morgan fingerprint density at radius 3 is 2.47 bits per heavy atom. The number of hydrogen-bond acceptors (Lipinski definition) is 5. The van der Waals surface area contributed by atoms with Gasteiger partial charge in [0.15, 0.2) is 0 Å². The van der Waals surface area contributed by atoms with E-state index in [0.717, 1.165) is 11.3 Å². The van der Waals surface area contributed by atoms with E-state index in [1.807, 2.05) is 7.05 Å². The van der Waals surface area contributed by atoms with Gasteiger partial charge in [0.2, 0.25) is 0 Å². The molecule has 2 rings (SSSR count). The summed E-state index contributed by atoms with van der Waals surface area (Å²) in [5.74, 6) is 0. The van der Waals surface area contributed by atoms with E-state index >= 15 is 0 Å². The molecule has 5 nitrogen and oxygen atoms in total. The number of rotatable bonds is 3. The average Bonchev–Trinajstić information content (AvgIpc) is 2.33. The molecule has 1 N–H and O–H groups in total. The minimum Gasteiger partial charge on any atom is -0.308 e. The highest BCUT2D eigenvalue weighted by Gasteiger charge is 2.13. The second kappa shape index (κ2) is 4.56. The van der Waals surface area contributed by atoms with Gasteiger partial charge in [0.1, 0.15) is 6.33 Å². The molecule has 76 valence electrons. The highest BCUT2D eigenvalue weighted by Crippen LogP contribution is 2.16. The predicted octanol–water partition coefficient (Wildman–Crippen LogP) is 0.575.